The topological polar surface area (TPSA) is 46.0 Å². The molecule has 0 saturated carbocycles. The molecule has 0 aliphatic carbocycles. The molecule has 21 heavy (non-hydrogen) atoms. The molecule has 2 unspecified atom stereocenters. The molecule has 0 saturated heterocycles. The van der Waals surface area contributed by atoms with Gasteiger partial charge in [0, 0.05) is 25.2 Å². The molecule has 1 aliphatic rings. The minimum atomic E-state index is 0.339. The van der Waals surface area contributed by atoms with Gasteiger partial charge in [-0.15, -0.1) is 10.2 Å². The summed E-state index contributed by atoms with van der Waals surface area (Å²) in [5, 5.41) is 11.7. The van der Waals surface area contributed by atoms with Crippen LogP contribution in [-0.2, 0) is 13.1 Å². The molecule has 1 aliphatic heterocycles. The highest BCUT2D eigenvalue weighted by Gasteiger charge is 2.29. The Labute approximate surface area is 126 Å². The monoisotopic (exact) mass is 285 g/mol. The number of hydrogen-bond donors (Lipinski definition) is 1. The van der Waals surface area contributed by atoms with Gasteiger partial charge >= 0.3 is 0 Å². The largest absolute Gasteiger partial charge is 0.315 e. The summed E-state index contributed by atoms with van der Waals surface area (Å²) in [5.41, 5.74) is 1.35. The zero-order chi connectivity index (χ0) is 14.7. The Morgan fingerprint density at radius 1 is 1.24 bits per heavy atom. The van der Waals surface area contributed by atoms with Crippen LogP contribution in [0.15, 0.2) is 36.7 Å². The van der Waals surface area contributed by atoms with E-state index in [1.807, 2.05) is 13.4 Å². The first-order chi connectivity index (χ1) is 10.3. The van der Waals surface area contributed by atoms with Crippen molar-refractivity contribution in [2.24, 2.45) is 0 Å². The molecular weight excluding hydrogens is 262 g/mol. The quantitative estimate of drug-likeness (QED) is 0.910. The van der Waals surface area contributed by atoms with Gasteiger partial charge in [-0.2, -0.15) is 0 Å². The first-order valence-electron chi connectivity index (χ1n) is 7.66. The molecule has 2 heterocycles. The van der Waals surface area contributed by atoms with Crippen molar-refractivity contribution in [3.63, 3.8) is 0 Å². The zero-order valence-corrected chi connectivity index (χ0v) is 12.7. The summed E-state index contributed by atoms with van der Waals surface area (Å²) in [5.74, 6) is 1.07. The molecule has 0 fully saturated rings. The third-order valence-corrected chi connectivity index (χ3v) is 4.41. The minimum Gasteiger partial charge on any atom is -0.315 e. The fourth-order valence-electron chi connectivity index (χ4n) is 3.31. The zero-order valence-electron chi connectivity index (χ0n) is 12.7. The second kappa shape index (κ2) is 6.37. The molecule has 1 aromatic heterocycles. The van der Waals surface area contributed by atoms with E-state index < -0.39 is 0 Å². The molecule has 1 aromatic carbocycles. The summed E-state index contributed by atoms with van der Waals surface area (Å²) in [4.78, 5) is 2.53. The van der Waals surface area contributed by atoms with Gasteiger partial charge in [0.1, 0.15) is 12.2 Å². The van der Waals surface area contributed by atoms with E-state index in [9.17, 15) is 0 Å². The molecule has 2 aromatic rings. The van der Waals surface area contributed by atoms with Crippen molar-refractivity contribution < 1.29 is 0 Å². The molecule has 5 nitrogen and oxygen atoms in total. The van der Waals surface area contributed by atoms with Crippen LogP contribution in [-0.4, -0.2) is 39.3 Å². The van der Waals surface area contributed by atoms with Gasteiger partial charge in [-0.25, -0.2) is 0 Å². The van der Waals surface area contributed by atoms with E-state index in [0.717, 1.165) is 31.9 Å². The highest BCUT2D eigenvalue weighted by molar-refractivity contribution is 5.20. The number of hydrogen-bond acceptors (Lipinski definition) is 4. The minimum absolute atomic E-state index is 0.339. The molecule has 3 rings (SSSR count). The van der Waals surface area contributed by atoms with Crippen molar-refractivity contribution in [1.29, 1.82) is 0 Å². The van der Waals surface area contributed by atoms with Gasteiger partial charge in [0.25, 0.3) is 0 Å². The molecule has 112 valence electrons. The summed E-state index contributed by atoms with van der Waals surface area (Å²) in [6.07, 6.45) is 2.94. The SMILES string of the molecule is CCC(C(NC)c1ccccc1)N1CCn2cnnc2C1. The lowest BCUT2D eigenvalue weighted by Gasteiger charge is -2.38. The lowest BCUT2D eigenvalue weighted by Crippen LogP contribution is -2.47. The lowest BCUT2D eigenvalue weighted by atomic mass is 9.95. The molecular formula is C16H23N5. The lowest BCUT2D eigenvalue weighted by molar-refractivity contribution is 0.119. The van der Waals surface area contributed by atoms with E-state index in [4.69, 9.17) is 0 Å². The number of rotatable bonds is 5. The fourth-order valence-corrected chi connectivity index (χ4v) is 3.31. The first-order valence-corrected chi connectivity index (χ1v) is 7.66. The Kier molecular flexibility index (Phi) is 4.31. The number of benzene rings is 1. The summed E-state index contributed by atoms with van der Waals surface area (Å²) in [6, 6.07) is 11.5. The van der Waals surface area contributed by atoms with E-state index >= 15 is 0 Å². The average molecular weight is 285 g/mol. The van der Waals surface area contributed by atoms with Crippen LogP contribution >= 0.6 is 0 Å². The van der Waals surface area contributed by atoms with Gasteiger partial charge in [0.05, 0.1) is 6.54 Å². The van der Waals surface area contributed by atoms with Crippen molar-refractivity contribution in [2.45, 2.75) is 38.5 Å². The van der Waals surface area contributed by atoms with E-state index in [1.165, 1.54) is 5.56 Å². The number of nitrogens with zero attached hydrogens (tertiary/aromatic N) is 4. The van der Waals surface area contributed by atoms with Crippen LogP contribution in [0.1, 0.15) is 30.8 Å². The average Bonchev–Trinajstić information content (AvgIpc) is 3.00. The van der Waals surface area contributed by atoms with Gasteiger partial charge in [0.2, 0.25) is 0 Å². The Morgan fingerprint density at radius 3 is 2.76 bits per heavy atom. The molecule has 0 amide bonds. The number of fused-ring (bicyclic) bond motifs is 1. The van der Waals surface area contributed by atoms with Gasteiger partial charge in [0.15, 0.2) is 0 Å². The normalized spacial score (nSPS) is 18.2. The van der Waals surface area contributed by atoms with Gasteiger partial charge in [-0.05, 0) is 19.0 Å². The summed E-state index contributed by atoms with van der Waals surface area (Å²) >= 11 is 0. The van der Waals surface area contributed by atoms with Gasteiger partial charge in [-0.3, -0.25) is 4.90 Å². The maximum absolute atomic E-state index is 4.23. The van der Waals surface area contributed by atoms with Crippen LogP contribution in [0.5, 0.6) is 0 Å². The summed E-state index contributed by atoms with van der Waals surface area (Å²) in [6.45, 7) is 5.17. The maximum atomic E-state index is 4.23. The van der Waals surface area contributed by atoms with E-state index in [2.05, 4.69) is 62.2 Å². The molecule has 0 radical (unpaired) electrons. The van der Waals surface area contributed by atoms with Crippen LogP contribution in [0.3, 0.4) is 0 Å². The Bertz CT molecular complexity index is 565. The predicted molar refractivity (Wildman–Crippen MR) is 82.8 cm³/mol. The third kappa shape index (κ3) is 2.84. The van der Waals surface area contributed by atoms with Crippen molar-refractivity contribution in [2.75, 3.05) is 13.6 Å². The van der Waals surface area contributed by atoms with Crippen molar-refractivity contribution >= 4 is 0 Å². The van der Waals surface area contributed by atoms with Crippen LogP contribution in [0.4, 0.5) is 0 Å². The maximum Gasteiger partial charge on any atom is 0.147 e. The summed E-state index contributed by atoms with van der Waals surface area (Å²) in [7, 11) is 2.05. The van der Waals surface area contributed by atoms with Crippen LogP contribution in [0.2, 0.25) is 0 Å². The number of aromatic nitrogens is 3. The van der Waals surface area contributed by atoms with Crippen LogP contribution in [0.25, 0.3) is 0 Å². The fraction of sp³-hybridized carbons (Fsp3) is 0.500. The number of nitrogens with one attached hydrogen (secondary N) is 1. The molecule has 2 atom stereocenters. The van der Waals surface area contributed by atoms with Crippen molar-refractivity contribution in [3.05, 3.63) is 48.0 Å². The predicted octanol–water partition coefficient (Wildman–Crippen LogP) is 1.83. The first kappa shape index (κ1) is 14.2. The van der Waals surface area contributed by atoms with E-state index in [1.54, 1.807) is 0 Å². The second-order valence-corrected chi connectivity index (χ2v) is 5.56. The Hall–Kier alpha value is -1.72. The smallest absolute Gasteiger partial charge is 0.147 e. The van der Waals surface area contributed by atoms with Crippen LogP contribution < -0.4 is 5.32 Å². The van der Waals surface area contributed by atoms with Crippen molar-refractivity contribution in [3.8, 4) is 0 Å². The highest BCUT2D eigenvalue weighted by Crippen LogP contribution is 2.25. The highest BCUT2D eigenvalue weighted by atomic mass is 15.3. The van der Waals surface area contributed by atoms with Crippen LogP contribution in [0, 0.1) is 0 Å². The van der Waals surface area contributed by atoms with Gasteiger partial charge < -0.3 is 9.88 Å². The molecule has 0 spiro atoms. The Morgan fingerprint density at radius 2 is 2.05 bits per heavy atom. The number of likely N-dealkylation sites (N-methyl/N-ethyl adjacent to an activating group) is 1. The van der Waals surface area contributed by atoms with Gasteiger partial charge in [-0.1, -0.05) is 37.3 Å². The Balaban J connectivity index is 1.81. The standard InChI is InChI=1S/C16H23N5/c1-3-14(16(17-2)13-7-5-4-6-8-13)20-9-10-21-12-18-19-15(21)11-20/h4-8,12,14,16-17H,3,9-11H2,1-2H3. The van der Waals surface area contributed by atoms with E-state index in [0.29, 0.717) is 12.1 Å². The second-order valence-electron chi connectivity index (χ2n) is 5.56. The van der Waals surface area contributed by atoms with Crippen molar-refractivity contribution in [1.82, 2.24) is 25.0 Å². The molecule has 5 heteroatoms. The summed E-state index contributed by atoms with van der Waals surface area (Å²) < 4.78 is 2.15. The molecule has 1 N–H and O–H groups in total. The van der Waals surface area contributed by atoms with E-state index in [-0.39, 0.29) is 0 Å². The molecule has 0 bridgehead atoms. The third-order valence-electron chi connectivity index (χ3n) is 4.41.